The fraction of sp³-hybridized carbons (Fsp3) is 0.389. The monoisotopic (exact) mass is 299 g/mol. The lowest BCUT2D eigenvalue weighted by atomic mass is 9.80. The third kappa shape index (κ3) is 2.86. The number of carbonyl (C=O) groups is 2. The Kier molecular flexibility index (Phi) is 4.31. The summed E-state index contributed by atoms with van der Waals surface area (Å²) >= 11 is 0. The molecular weight excluding hydrogens is 278 g/mol. The highest BCUT2D eigenvalue weighted by Crippen LogP contribution is 2.34. The molecule has 1 aromatic carbocycles. The molecule has 0 saturated carbocycles. The quantitative estimate of drug-likeness (QED) is 0.637. The summed E-state index contributed by atoms with van der Waals surface area (Å²) in [6.45, 7) is 9.51. The first-order chi connectivity index (χ1) is 10.3. The van der Waals surface area contributed by atoms with Gasteiger partial charge in [-0.3, -0.25) is 4.79 Å². The predicted molar refractivity (Wildman–Crippen MR) is 86.4 cm³/mol. The summed E-state index contributed by atoms with van der Waals surface area (Å²) in [5.41, 5.74) is 1.71. The highest BCUT2D eigenvalue weighted by molar-refractivity contribution is 6.09. The first-order valence-electron chi connectivity index (χ1n) is 7.38. The Hall–Kier alpha value is -2.23. The van der Waals surface area contributed by atoms with Gasteiger partial charge in [0.15, 0.2) is 11.5 Å². The number of aromatic nitrogens is 1. The number of ether oxygens (including phenoxy) is 1. The molecule has 22 heavy (non-hydrogen) atoms. The number of fused-ring (bicyclic) bond motifs is 1. The van der Waals surface area contributed by atoms with Gasteiger partial charge in [-0.1, -0.05) is 39.0 Å². The molecule has 4 heteroatoms. The van der Waals surface area contributed by atoms with E-state index >= 15 is 0 Å². The van der Waals surface area contributed by atoms with E-state index in [1.54, 1.807) is 6.92 Å². The van der Waals surface area contributed by atoms with E-state index in [1.165, 1.54) is 6.92 Å². The topological polar surface area (TPSA) is 56.3 Å². The molecule has 0 fully saturated rings. The molecular formula is C18H21NO3. The Morgan fingerprint density at radius 2 is 1.82 bits per heavy atom. The fourth-order valence-corrected chi connectivity index (χ4v) is 2.68. The summed E-state index contributed by atoms with van der Waals surface area (Å²) in [4.78, 5) is 28.9. The molecule has 0 atom stereocenters. The molecule has 116 valence electrons. The molecule has 0 aliphatic heterocycles. The Labute approximate surface area is 130 Å². The van der Waals surface area contributed by atoms with Crippen molar-refractivity contribution in [2.75, 3.05) is 6.61 Å². The second-order valence-corrected chi connectivity index (χ2v) is 6.25. The van der Waals surface area contributed by atoms with Crippen molar-refractivity contribution in [2.45, 2.75) is 40.0 Å². The number of hydrogen-bond acceptors (Lipinski definition) is 4. The number of rotatable bonds is 3. The molecule has 0 N–H and O–H groups in total. The average Bonchev–Trinajstić information content (AvgIpc) is 2.44. The van der Waals surface area contributed by atoms with Crippen LogP contribution in [0, 0.1) is 0 Å². The van der Waals surface area contributed by atoms with Crippen molar-refractivity contribution in [1.82, 2.24) is 4.98 Å². The van der Waals surface area contributed by atoms with Crippen molar-refractivity contribution in [3.63, 3.8) is 0 Å². The van der Waals surface area contributed by atoms with E-state index in [0.29, 0.717) is 11.1 Å². The third-order valence-electron chi connectivity index (χ3n) is 3.46. The highest BCUT2D eigenvalue weighted by atomic mass is 16.5. The van der Waals surface area contributed by atoms with E-state index in [-0.39, 0.29) is 23.5 Å². The largest absolute Gasteiger partial charge is 0.461 e. The van der Waals surface area contributed by atoms with Crippen LogP contribution < -0.4 is 0 Å². The van der Waals surface area contributed by atoms with Gasteiger partial charge in [0.25, 0.3) is 0 Å². The third-order valence-corrected chi connectivity index (χ3v) is 3.46. The van der Waals surface area contributed by atoms with Gasteiger partial charge in [-0.25, -0.2) is 9.78 Å². The van der Waals surface area contributed by atoms with Gasteiger partial charge >= 0.3 is 5.97 Å². The number of carbonyl (C=O) groups excluding carboxylic acids is 2. The molecule has 1 aromatic heterocycles. The maximum Gasteiger partial charge on any atom is 0.357 e. The van der Waals surface area contributed by atoms with Crippen molar-refractivity contribution in [2.24, 2.45) is 0 Å². The van der Waals surface area contributed by atoms with Crippen LogP contribution in [0.4, 0.5) is 0 Å². The van der Waals surface area contributed by atoms with Crippen LogP contribution in [-0.4, -0.2) is 23.3 Å². The van der Waals surface area contributed by atoms with E-state index in [2.05, 4.69) is 4.98 Å². The molecule has 0 amide bonds. The molecule has 0 bridgehead atoms. The Balaban J connectivity index is 2.94. The predicted octanol–water partition coefficient (Wildman–Crippen LogP) is 3.91. The molecule has 0 spiro atoms. The van der Waals surface area contributed by atoms with Crippen LogP contribution >= 0.6 is 0 Å². The molecule has 0 saturated heterocycles. The van der Waals surface area contributed by atoms with Crippen LogP contribution in [0.5, 0.6) is 0 Å². The van der Waals surface area contributed by atoms with E-state index in [1.807, 2.05) is 45.0 Å². The van der Waals surface area contributed by atoms with Crippen molar-refractivity contribution in [1.29, 1.82) is 0 Å². The van der Waals surface area contributed by atoms with Gasteiger partial charge in [-0.15, -0.1) is 0 Å². The lowest BCUT2D eigenvalue weighted by Crippen LogP contribution is -2.22. The molecule has 0 aliphatic rings. The van der Waals surface area contributed by atoms with Gasteiger partial charge in [-0.2, -0.15) is 0 Å². The molecule has 2 aromatic rings. The maximum absolute atomic E-state index is 12.3. The summed E-state index contributed by atoms with van der Waals surface area (Å²) in [6.07, 6.45) is 0. The normalized spacial score (nSPS) is 11.5. The molecule has 0 aliphatic carbocycles. The summed E-state index contributed by atoms with van der Waals surface area (Å²) in [5.74, 6) is -0.727. The first-order valence-corrected chi connectivity index (χ1v) is 7.38. The van der Waals surface area contributed by atoms with Gasteiger partial charge in [0, 0.05) is 5.39 Å². The maximum atomic E-state index is 12.3. The van der Waals surface area contributed by atoms with Gasteiger partial charge in [0.1, 0.15) is 0 Å². The molecule has 1 heterocycles. The highest BCUT2D eigenvalue weighted by Gasteiger charge is 2.29. The summed E-state index contributed by atoms with van der Waals surface area (Å²) in [7, 11) is 0. The average molecular weight is 299 g/mol. The first kappa shape index (κ1) is 16.1. The molecule has 0 unspecified atom stereocenters. The second kappa shape index (κ2) is 5.87. The summed E-state index contributed by atoms with van der Waals surface area (Å²) in [5, 5.41) is 0.897. The van der Waals surface area contributed by atoms with Gasteiger partial charge in [0.2, 0.25) is 0 Å². The van der Waals surface area contributed by atoms with Crippen molar-refractivity contribution >= 4 is 22.7 Å². The number of esters is 1. The zero-order valence-electron chi connectivity index (χ0n) is 13.7. The zero-order valence-corrected chi connectivity index (χ0v) is 13.7. The number of benzene rings is 1. The van der Waals surface area contributed by atoms with E-state index in [4.69, 9.17) is 4.74 Å². The summed E-state index contributed by atoms with van der Waals surface area (Å²) < 4.78 is 5.08. The standard InChI is InChI=1S/C18H21NO3/c1-6-22-17(21)16-14(11(2)20)15(18(3,4)5)12-9-7-8-10-13(12)19-16/h7-10H,6H2,1-5H3. The minimum Gasteiger partial charge on any atom is -0.461 e. The smallest absolute Gasteiger partial charge is 0.357 e. The van der Waals surface area contributed by atoms with Crippen LogP contribution in [0.2, 0.25) is 0 Å². The van der Waals surface area contributed by atoms with E-state index in [0.717, 1.165) is 10.9 Å². The molecule has 2 rings (SSSR count). The number of ketones is 1. The lowest BCUT2D eigenvalue weighted by Gasteiger charge is -2.25. The fourth-order valence-electron chi connectivity index (χ4n) is 2.68. The number of Topliss-reactive ketones (excluding diaryl/α,β-unsaturated/α-hetero) is 1. The Morgan fingerprint density at radius 3 is 2.36 bits per heavy atom. The number of pyridine rings is 1. The number of nitrogens with zero attached hydrogens (tertiary/aromatic N) is 1. The SMILES string of the molecule is CCOC(=O)c1nc2ccccc2c(C(C)(C)C)c1C(C)=O. The summed E-state index contributed by atoms with van der Waals surface area (Å²) in [6, 6.07) is 7.55. The van der Waals surface area contributed by atoms with Gasteiger partial charge in [0.05, 0.1) is 17.7 Å². The van der Waals surface area contributed by atoms with Crippen LogP contribution in [0.1, 0.15) is 61.0 Å². The lowest BCUT2D eigenvalue weighted by molar-refractivity contribution is 0.0516. The van der Waals surface area contributed by atoms with Crippen molar-refractivity contribution in [3.05, 3.63) is 41.1 Å². The van der Waals surface area contributed by atoms with Crippen LogP contribution in [0.15, 0.2) is 24.3 Å². The van der Waals surface area contributed by atoms with Crippen molar-refractivity contribution < 1.29 is 14.3 Å². The van der Waals surface area contributed by atoms with Gasteiger partial charge < -0.3 is 4.74 Å². The van der Waals surface area contributed by atoms with Crippen LogP contribution in [-0.2, 0) is 10.2 Å². The Bertz CT molecular complexity index is 742. The zero-order chi connectivity index (χ0) is 16.5. The number of para-hydroxylation sites is 1. The Morgan fingerprint density at radius 1 is 1.18 bits per heavy atom. The van der Waals surface area contributed by atoms with Crippen molar-refractivity contribution in [3.8, 4) is 0 Å². The minimum atomic E-state index is -0.552. The number of hydrogen-bond donors (Lipinski definition) is 0. The van der Waals surface area contributed by atoms with Gasteiger partial charge in [-0.05, 0) is 30.9 Å². The molecule has 0 radical (unpaired) electrons. The van der Waals surface area contributed by atoms with Crippen LogP contribution in [0.3, 0.4) is 0 Å². The molecule has 4 nitrogen and oxygen atoms in total. The van der Waals surface area contributed by atoms with E-state index in [9.17, 15) is 9.59 Å². The minimum absolute atomic E-state index is 0.109. The van der Waals surface area contributed by atoms with E-state index < -0.39 is 5.97 Å². The second-order valence-electron chi connectivity index (χ2n) is 6.25. The van der Waals surface area contributed by atoms with Crippen LogP contribution in [0.25, 0.3) is 10.9 Å².